The second-order valence-corrected chi connectivity index (χ2v) is 9.61. The maximum absolute atomic E-state index is 12.8. The molecule has 0 saturated heterocycles. The fraction of sp³-hybridized carbons (Fsp3) is 0.261. The molecule has 4 aromatic rings. The van der Waals surface area contributed by atoms with Gasteiger partial charge >= 0.3 is 12.1 Å². The molecule has 0 saturated carbocycles. The van der Waals surface area contributed by atoms with Crippen LogP contribution in [0.5, 0.6) is 0 Å². The molecule has 2 aromatic carbocycles. The van der Waals surface area contributed by atoms with E-state index in [1.807, 2.05) is 26.0 Å². The molecule has 5 nitrogen and oxygen atoms in total. The minimum Gasteiger partial charge on any atom is -0.481 e. The standard InChI is InChI=1S/C23H19F3N2O3S2/c1-12-9-16(10-17-21(12)28-19(31-17)7-8-20(29)30)32-11-18-13(2)27-22(33-18)14-3-5-15(6-4-14)23(24,25)26/h3-6,9-10H,7-8,11H2,1-2H3,(H,29,30). The third kappa shape index (κ3) is 5.39. The molecule has 0 spiro atoms. The number of carbonyl (C=O) groups is 1. The maximum atomic E-state index is 12.8. The van der Waals surface area contributed by atoms with Crippen LogP contribution >= 0.6 is 23.1 Å². The highest BCUT2D eigenvalue weighted by Crippen LogP contribution is 2.36. The molecule has 4 rings (SSSR count). The number of nitrogens with zero attached hydrogens (tertiary/aromatic N) is 2. The first-order valence-corrected chi connectivity index (χ1v) is 11.8. The number of aryl methyl sites for hydroxylation is 3. The monoisotopic (exact) mass is 492 g/mol. The number of hydrogen-bond acceptors (Lipinski definition) is 6. The van der Waals surface area contributed by atoms with Crippen molar-refractivity contribution in [1.82, 2.24) is 9.97 Å². The van der Waals surface area contributed by atoms with E-state index in [4.69, 9.17) is 9.52 Å². The summed E-state index contributed by atoms with van der Waals surface area (Å²) in [6.45, 7) is 3.82. The van der Waals surface area contributed by atoms with Crippen molar-refractivity contribution in [2.75, 3.05) is 0 Å². The van der Waals surface area contributed by atoms with Crippen LogP contribution in [0, 0.1) is 13.8 Å². The smallest absolute Gasteiger partial charge is 0.416 e. The summed E-state index contributed by atoms with van der Waals surface area (Å²) in [7, 11) is 0. The molecule has 2 heterocycles. The molecule has 10 heteroatoms. The maximum Gasteiger partial charge on any atom is 0.416 e. The van der Waals surface area contributed by atoms with Gasteiger partial charge in [0.15, 0.2) is 11.5 Å². The van der Waals surface area contributed by atoms with E-state index in [1.54, 1.807) is 11.8 Å². The second-order valence-electron chi connectivity index (χ2n) is 7.48. The summed E-state index contributed by atoms with van der Waals surface area (Å²) in [5.74, 6) is 0.146. The fourth-order valence-corrected chi connectivity index (χ4v) is 5.48. The minimum absolute atomic E-state index is 0.0423. The van der Waals surface area contributed by atoms with Crippen LogP contribution in [0.15, 0.2) is 45.7 Å². The predicted molar refractivity (Wildman–Crippen MR) is 122 cm³/mol. The summed E-state index contributed by atoms with van der Waals surface area (Å²) in [5, 5.41) is 9.53. The van der Waals surface area contributed by atoms with E-state index in [9.17, 15) is 18.0 Å². The topological polar surface area (TPSA) is 76.2 Å². The number of thiazole rings is 1. The Morgan fingerprint density at radius 1 is 1.15 bits per heavy atom. The number of hydrogen-bond donors (Lipinski definition) is 1. The van der Waals surface area contributed by atoms with Gasteiger partial charge < -0.3 is 9.52 Å². The Kier molecular flexibility index (Phi) is 6.49. The van der Waals surface area contributed by atoms with Gasteiger partial charge in [-0.25, -0.2) is 9.97 Å². The van der Waals surface area contributed by atoms with E-state index >= 15 is 0 Å². The lowest BCUT2D eigenvalue weighted by atomic mass is 10.1. The molecule has 2 aromatic heterocycles. The highest BCUT2D eigenvalue weighted by Gasteiger charge is 2.30. The Balaban J connectivity index is 1.49. The van der Waals surface area contributed by atoms with Crippen LogP contribution < -0.4 is 0 Å². The molecule has 0 unspecified atom stereocenters. The fourth-order valence-electron chi connectivity index (χ4n) is 3.25. The molecule has 0 amide bonds. The van der Waals surface area contributed by atoms with E-state index in [0.29, 0.717) is 27.8 Å². The highest BCUT2D eigenvalue weighted by molar-refractivity contribution is 7.98. The third-order valence-corrected chi connectivity index (χ3v) is 7.37. The van der Waals surface area contributed by atoms with Crippen molar-refractivity contribution in [2.24, 2.45) is 0 Å². The molecule has 0 atom stereocenters. The lowest BCUT2D eigenvalue weighted by molar-refractivity contribution is -0.138. The normalized spacial score (nSPS) is 11.9. The zero-order valence-electron chi connectivity index (χ0n) is 17.7. The molecule has 0 bridgehead atoms. The van der Waals surface area contributed by atoms with Crippen LogP contribution in [0.3, 0.4) is 0 Å². The number of aliphatic carboxylic acids is 1. The zero-order chi connectivity index (χ0) is 23.8. The molecule has 0 aliphatic rings. The van der Waals surface area contributed by atoms with Gasteiger partial charge in [0.05, 0.1) is 17.7 Å². The minimum atomic E-state index is -4.36. The van der Waals surface area contributed by atoms with Crippen molar-refractivity contribution in [1.29, 1.82) is 0 Å². The number of carboxylic acid groups (broad SMARTS) is 1. The highest BCUT2D eigenvalue weighted by atomic mass is 32.2. The number of alkyl halides is 3. The van der Waals surface area contributed by atoms with Gasteiger partial charge in [0.2, 0.25) is 0 Å². The van der Waals surface area contributed by atoms with Crippen LogP contribution in [0.2, 0.25) is 0 Å². The zero-order valence-corrected chi connectivity index (χ0v) is 19.3. The second kappa shape index (κ2) is 9.18. The molecule has 0 aliphatic carbocycles. The van der Waals surface area contributed by atoms with Gasteiger partial charge in [0, 0.05) is 27.5 Å². The summed E-state index contributed by atoms with van der Waals surface area (Å²) in [6.07, 6.45) is -4.17. The number of fused-ring (bicyclic) bond motifs is 1. The SMILES string of the molecule is Cc1nc(-c2ccc(C(F)(F)F)cc2)sc1CSc1cc(C)c2nc(CCC(=O)O)oc2c1. The van der Waals surface area contributed by atoms with Crippen LogP contribution in [0.1, 0.15) is 34.0 Å². The number of thioether (sulfide) groups is 1. The summed E-state index contributed by atoms with van der Waals surface area (Å²) in [5.41, 5.74) is 3.09. The quantitative estimate of drug-likeness (QED) is 0.283. The number of rotatable bonds is 7. The summed E-state index contributed by atoms with van der Waals surface area (Å²) in [6, 6.07) is 8.92. The third-order valence-electron chi connectivity index (χ3n) is 4.98. The van der Waals surface area contributed by atoms with Crippen LogP contribution in [-0.4, -0.2) is 21.0 Å². The first-order valence-electron chi connectivity index (χ1n) is 9.99. The lowest BCUT2D eigenvalue weighted by Gasteiger charge is -2.06. The van der Waals surface area contributed by atoms with Crippen molar-refractivity contribution >= 4 is 40.2 Å². The first-order chi connectivity index (χ1) is 15.6. The molecule has 0 fully saturated rings. The van der Waals surface area contributed by atoms with Crippen molar-refractivity contribution in [2.45, 2.75) is 43.5 Å². The number of oxazole rings is 1. The average Bonchev–Trinajstić information content (AvgIpc) is 3.33. The Morgan fingerprint density at radius 3 is 2.55 bits per heavy atom. The van der Waals surface area contributed by atoms with E-state index in [0.717, 1.165) is 38.7 Å². The van der Waals surface area contributed by atoms with Crippen LogP contribution in [0.25, 0.3) is 21.7 Å². The number of halogens is 3. The molecule has 33 heavy (non-hydrogen) atoms. The van der Waals surface area contributed by atoms with Crippen molar-refractivity contribution in [3.8, 4) is 10.6 Å². The molecular weight excluding hydrogens is 473 g/mol. The summed E-state index contributed by atoms with van der Waals surface area (Å²) >= 11 is 3.06. The van der Waals surface area contributed by atoms with Gasteiger partial charge in [-0.3, -0.25) is 4.79 Å². The van der Waals surface area contributed by atoms with Crippen LogP contribution in [-0.2, 0) is 23.1 Å². The molecule has 0 aliphatic heterocycles. The molecule has 172 valence electrons. The van der Waals surface area contributed by atoms with Gasteiger partial charge in [0.1, 0.15) is 10.5 Å². The Morgan fingerprint density at radius 2 is 1.88 bits per heavy atom. The van der Waals surface area contributed by atoms with Gasteiger partial charge in [-0.1, -0.05) is 12.1 Å². The van der Waals surface area contributed by atoms with Gasteiger partial charge in [0.25, 0.3) is 0 Å². The average molecular weight is 493 g/mol. The molecule has 0 radical (unpaired) electrons. The molecular formula is C23H19F3N2O3S2. The van der Waals surface area contributed by atoms with E-state index in [-0.39, 0.29) is 12.8 Å². The van der Waals surface area contributed by atoms with Crippen molar-refractivity contribution < 1.29 is 27.5 Å². The summed E-state index contributed by atoms with van der Waals surface area (Å²) in [4.78, 5) is 21.7. The Labute approximate surface area is 195 Å². The summed E-state index contributed by atoms with van der Waals surface area (Å²) < 4.78 is 44.1. The number of aromatic nitrogens is 2. The van der Waals surface area contributed by atoms with Gasteiger partial charge in [-0.15, -0.1) is 23.1 Å². The largest absolute Gasteiger partial charge is 0.481 e. The predicted octanol–water partition coefficient (Wildman–Crippen LogP) is 6.90. The van der Waals surface area contributed by atoms with E-state index < -0.39 is 17.7 Å². The number of carboxylic acids is 1. The Hall–Kier alpha value is -2.85. The van der Waals surface area contributed by atoms with Crippen molar-refractivity contribution in [3.05, 3.63) is 64.0 Å². The van der Waals surface area contributed by atoms with E-state index in [2.05, 4.69) is 9.97 Å². The van der Waals surface area contributed by atoms with E-state index in [1.165, 1.54) is 23.5 Å². The molecule has 1 N–H and O–H groups in total. The Bertz CT molecular complexity index is 1310. The van der Waals surface area contributed by atoms with Crippen molar-refractivity contribution in [3.63, 3.8) is 0 Å². The van der Waals surface area contributed by atoms with Gasteiger partial charge in [-0.2, -0.15) is 13.2 Å². The van der Waals surface area contributed by atoms with Crippen LogP contribution in [0.4, 0.5) is 13.2 Å². The number of benzene rings is 2. The lowest BCUT2D eigenvalue weighted by Crippen LogP contribution is -2.03. The van der Waals surface area contributed by atoms with Gasteiger partial charge in [-0.05, 0) is 43.7 Å². The first kappa shape index (κ1) is 23.3.